The van der Waals surface area contributed by atoms with Crippen LogP contribution in [0.25, 0.3) is 0 Å². The SMILES string of the molecule is CC(N)CCC(=O)Nc1ccccc1Sc1nccn1C.Cl. The highest BCUT2D eigenvalue weighted by Gasteiger charge is 2.10. The lowest BCUT2D eigenvalue weighted by Crippen LogP contribution is -2.19. The van der Waals surface area contributed by atoms with E-state index in [1.54, 1.807) is 6.20 Å². The van der Waals surface area contributed by atoms with Crippen molar-refractivity contribution in [1.82, 2.24) is 9.55 Å². The number of carbonyl (C=O) groups is 1. The first-order valence-electron chi connectivity index (χ1n) is 6.86. The van der Waals surface area contributed by atoms with Gasteiger partial charge < -0.3 is 15.6 Å². The number of benzene rings is 1. The highest BCUT2D eigenvalue weighted by Crippen LogP contribution is 2.32. The van der Waals surface area contributed by atoms with E-state index in [1.165, 1.54) is 11.8 Å². The smallest absolute Gasteiger partial charge is 0.224 e. The van der Waals surface area contributed by atoms with E-state index in [1.807, 2.05) is 49.0 Å². The molecule has 0 aliphatic heterocycles. The van der Waals surface area contributed by atoms with Crippen molar-refractivity contribution in [2.24, 2.45) is 12.8 Å². The third-order valence-corrected chi connectivity index (χ3v) is 4.12. The van der Waals surface area contributed by atoms with Crippen molar-refractivity contribution in [2.75, 3.05) is 5.32 Å². The van der Waals surface area contributed by atoms with Gasteiger partial charge in [0.05, 0.1) is 5.69 Å². The van der Waals surface area contributed by atoms with Gasteiger partial charge in [0.15, 0.2) is 5.16 Å². The van der Waals surface area contributed by atoms with Crippen LogP contribution in [0.5, 0.6) is 0 Å². The standard InChI is InChI=1S/C15H20N4OS.ClH/c1-11(16)7-8-14(20)18-12-5-3-4-6-13(12)21-15-17-9-10-19(15)2;/h3-6,9-11H,7-8,16H2,1-2H3,(H,18,20);1H. The van der Waals surface area contributed by atoms with Crippen molar-refractivity contribution in [1.29, 1.82) is 0 Å². The molecule has 1 heterocycles. The molecule has 0 saturated heterocycles. The summed E-state index contributed by atoms with van der Waals surface area (Å²) in [6.45, 7) is 1.90. The minimum atomic E-state index is -0.0137. The van der Waals surface area contributed by atoms with E-state index in [9.17, 15) is 4.79 Å². The van der Waals surface area contributed by atoms with Crippen molar-refractivity contribution in [3.63, 3.8) is 0 Å². The average Bonchev–Trinajstić information content (AvgIpc) is 2.84. The van der Waals surface area contributed by atoms with Crippen molar-refractivity contribution >= 4 is 35.8 Å². The van der Waals surface area contributed by atoms with Crippen LogP contribution in [0.4, 0.5) is 5.69 Å². The minimum absolute atomic E-state index is 0. The third kappa shape index (κ3) is 5.36. The van der Waals surface area contributed by atoms with Crippen molar-refractivity contribution < 1.29 is 4.79 Å². The Balaban J connectivity index is 0.00000242. The molecule has 1 atom stereocenters. The molecular formula is C15H21ClN4OS. The van der Waals surface area contributed by atoms with Crippen LogP contribution >= 0.6 is 24.2 Å². The number of nitrogens with zero attached hydrogens (tertiary/aromatic N) is 2. The predicted octanol–water partition coefficient (Wildman–Crippen LogP) is 3.06. The van der Waals surface area contributed by atoms with Gasteiger partial charge in [-0.05, 0) is 37.2 Å². The van der Waals surface area contributed by atoms with Crippen molar-refractivity contribution in [3.05, 3.63) is 36.7 Å². The predicted molar refractivity (Wildman–Crippen MR) is 92.5 cm³/mol. The Bertz CT molecular complexity index is 615. The fourth-order valence-corrected chi connectivity index (χ4v) is 2.67. The maximum atomic E-state index is 11.9. The van der Waals surface area contributed by atoms with Crippen LogP contribution in [0, 0.1) is 0 Å². The molecule has 1 aromatic carbocycles. The molecule has 0 aliphatic carbocycles. The highest BCUT2D eigenvalue weighted by atomic mass is 35.5. The molecule has 0 aliphatic rings. The molecule has 22 heavy (non-hydrogen) atoms. The molecule has 5 nitrogen and oxygen atoms in total. The molecule has 2 aromatic rings. The monoisotopic (exact) mass is 340 g/mol. The molecule has 1 aromatic heterocycles. The molecule has 0 fully saturated rings. The van der Waals surface area contributed by atoms with Gasteiger partial charge in [0.1, 0.15) is 0 Å². The first-order chi connectivity index (χ1) is 10.1. The molecule has 120 valence electrons. The normalized spacial score (nSPS) is 11.6. The van der Waals surface area contributed by atoms with Gasteiger partial charge in [-0.1, -0.05) is 12.1 Å². The zero-order valence-electron chi connectivity index (χ0n) is 12.7. The lowest BCUT2D eigenvalue weighted by atomic mass is 10.2. The lowest BCUT2D eigenvalue weighted by molar-refractivity contribution is -0.116. The number of imidazole rings is 1. The summed E-state index contributed by atoms with van der Waals surface area (Å²) < 4.78 is 1.94. The number of amides is 1. The van der Waals surface area contributed by atoms with E-state index in [-0.39, 0.29) is 24.4 Å². The molecule has 2 rings (SSSR count). The van der Waals surface area contributed by atoms with Gasteiger partial charge in [-0.3, -0.25) is 4.79 Å². The van der Waals surface area contributed by atoms with Gasteiger partial charge in [-0.25, -0.2) is 4.98 Å². The second-order valence-electron chi connectivity index (χ2n) is 4.98. The number of nitrogens with one attached hydrogen (secondary N) is 1. The second-order valence-corrected chi connectivity index (χ2v) is 5.99. The summed E-state index contributed by atoms with van der Waals surface area (Å²) in [6.07, 6.45) is 4.76. The number of para-hydroxylation sites is 1. The molecule has 7 heteroatoms. The minimum Gasteiger partial charge on any atom is -0.329 e. The molecular weight excluding hydrogens is 320 g/mol. The number of hydrogen-bond acceptors (Lipinski definition) is 4. The van der Waals surface area contributed by atoms with Crippen LogP contribution in [0.3, 0.4) is 0 Å². The zero-order valence-corrected chi connectivity index (χ0v) is 14.3. The first-order valence-corrected chi connectivity index (χ1v) is 7.67. The molecule has 0 spiro atoms. The van der Waals surface area contributed by atoms with Crippen LogP contribution in [-0.4, -0.2) is 21.5 Å². The Labute approximate surface area is 141 Å². The molecule has 3 N–H and O–H groups in total. The number of aryl methyl sites for hydroxylation is 1. The van der Waals surface area contributed by atoms with E-state index >= 15 is 0 Å². The van der Waals surface area contributed by atoms with Crippen LogP contribution in [0.2, 0.25) is 0 Å². The summed E-state index contributed by atoms with van der Waals surface area (Å²) >= 11 is 1.53. The Morgan fingerprint density at radius 3 is 2.82 bits per heavy atom. The van der Waals surface area contributed by atoms with Crippen molar-refractivity contribution in [3.8, 4) is 0 Å². The Morgan fingerprint density at radius 2 is 2.18 bits per heavy atom. The number of carbonyl (C=O) groups excluding carboxylic acids is 1. The number of aromatic nitrogens is 2. The van der Waals surface area contributed by atoms with Gasteiger partial charge in [-0.2, -0.15) is 0 Å². The summed E-state index contributed by atoms with van der Waals surface area (Å²) in [5.74, 6) is -0.0137. The number of anilines is 1. The van der Waals surface area contributed by atoms with Crippen LogP contribution in [0.1, 0.15) is 19.8 Å². The second kappa shape index (κ2) is 8.82. The Kier molecular flexibility index (Phi) is 7.44. The molecule has 0 radical (unpaired) electrons. The maximum absolute atomic E-state index is 11.9. The average molecular weight is 341 g/mol. The Morgan fingerprint density at radius 1 is 1.45 bits per heavy atom. The fourth-order valence-electron chi connectivity index (χ4n) is 1.78. The molecule has 0 saturated carbocycles. The third-order valence-electron chi connectivity index (χ3n) is 2.97. The van der Waals surface area contributed by atoms with Crippen LogP contribution in [0.15, 0.2) is 46.7 Å². The van der Waals surface area contributed by atoms with Crippen LogP contribution < -0.4 is 11.1 Å². The summed E-state index contributed by atoms with van der Waals surface area (Å²) in [4.78, 5) is 17.2. The van der Waals surface area contributed by atoms with Gasteiger partial charge >= 0.3 is 0 Å². The molecule has 1 unspecified atom stereocenters. The van der Waals surface area contributed by atoms with E-state index < -0.39 is 0 Å². The van der Waals surface area contributed by atoms with Gasteiger partial charge in [0.2, 0.25) is 5.91 Å². The lowest BCUT2D eigenvalue weighted by Gasteiger charge is -2.11. The summed E-state index contributed by atoms with van der Waals surface area (Å²) in [6, 6.07) is 7.76. The number of halogens is 1. The largest absolute Gasteiger partial charge is 0.329 e. The van der Waals surface area contributed by atoms with Gasteiger partial charge in [0, 0.05) is 36.8 Å². The van der Waals surface area contributed by atoms with E-state index in [2.05, 4.69) is 10.3 Å². The topological polar surface area (TPSA) is 72.9 Å². The fraction of sp³-hybridized carbons (Fsp3) is 0.333. The molecule has 0 bridgehead atoms. The van der Waals surface area contributed by atoms with E-state index in [0.29, 0.717) is 12.8 Å². The Hall–Kier alpha value is -1.50. The molecule has 1 amide bonds. The first kappa shape index (κ1) is 18.5. The number of rotatable bonds is 6. The van der Waals surface area contributed by atoms with Crippen molar-refractivity contribution in [2.45, 2.75) is 35.9 Å². The maximum Gasteiger partial charge on any atom is 0.224 e. The van der Waals surface area contributed by atoms with Gasteiger partial charge in [-0.15, -0.1) is 12.4 Å². The van der Waals surface area contributed by atoms with Gasteiger partial charge in [0.25, 0.3) is 0 Å². The van der Waals surface area contributed by atoms with E-state index in [4.69, 9.17) is 5.73 Å². The summed E-state index contributed by atoms with van der Waals surface area (Å²) in [7, 11) is 1.94. The zero-order chi connectivity index (χ0) is 15.2. The highest BCUT2D eigenvalue weighted by molar-refractivity contribution is 7.99. The number of nitrogens with two attached hydrogens (primary N) is 1. The summed E-state index contributed by atoms with van der Waals surface area (Å²) in [5, 5.41) is 3.83. The number of hydrogen-bond donors (Lipinski definition) is 2. The summed E-state index contributed by atoms with van der Waals surface area (Å²) in [5.41, 5.74) is 6.48. The quantitative estimate of drug-likeness (QED) is 0.847. The van der Waals surface area contributed by atoms with E-state index in [0.717, 1.165) is 15.7 Å². The van der Waals surface area contributed by atoms with Crippen LogP contribution in [-0.2, 0) is 11.8 Å².